The summed E-state index contributed by atoms with van der Waals surface area (Å²) in [4.78, 5) is 23.8. The van der Waals surface area contributed by atoms with Crippen molar-refractivity contribution in [1.29, 1.82) is 0 Å². The first kappa shape index (κ1) is 20.2. The lowest BCUT2D eigenvalue weighted by atomic mass is 10.2. The smallest absolute Gasteiger partial charge is 0.244 e. The third-order valence-corrected chi connectivity index (χ3v) is 5.70. The van der Waals surface area contributed by atoms with Gasteiger partial charge in [-0.2, -0.15) is 0 Å². The molecule has 1 aliphatic rings. The van der Waals surface area contributed by atoms with Crippen molar-refractivity contribution in [3.05, 3.63) is 52.2 Å². The fourth-order valence-electron chi connectivity index (χ4n) is 3.19. The number of thiophene rings is 1. The van der Waals surface area contributed by atoms with Gasteiger partial charge < -0.3 is 20.4 Å². The predicted molar refractivity (Wildman–Crippen MR) is 117 cm³/mol. The summed E-state index contributed by atoms with van der Waals surface area (Å²) in [6, 6.07) is 14.6. The summed E-state index contributed by atoms with van der Waals surface area (Å²) in [6.45, 7) is 8.97. The highest BCUT2D eigenvalue weighted by Gasteiger charge is 2.20. The van der Waals surface area contributed by atoms with Crippen LogP contribution in [0, 0.1) is 6.92 Å². The Hall–Kier alpha value is -2.54. The number of hydrogen-bond donors (Lipinski definition) is 2. The van der Waals surface area contributed by atoms with Crippen LogP contribution in [-0.2, 0) is 11.3 Å². The van der Waals surface area contributed by atoms with Crippen molar-refractivity contribution in [2.24, 2.45) is 4.99 Å². The van der Waals surface area contributed by atoms with Gasteiger partial charge in [-0.3, -0.25) is 4.79 Å². The quantitative estimate of drug-likeness (QED) is 0.579. The summed E-state index contributed by atoms with van der Waals surface area (Å²) in [6.07, 6.45) is 0. The lowest BCUT2D eigenvalue weighted by Crippen LogP contribution is -2.49. The molecule has 1 saturated heterocycles. The summed E-state index contributed by atoms with van der Waals surface area (Å²) in [5, 5.41) is 6.52. The van der Waals surface area contributed by atoms with Crippen LogP contribution >= 0.6 is 11.3 Å². The van der Waals surface area contributed by atoms with Gasteiger partial charge in [0.25, 0.3) is 0 Å². The van der Waals surface area contributed by atoms with E-state index in [0.29, 0.717) is 12.5 Å². The second-order valence-corrected chi connectivity index (χ2v) is 8.14. The lowest BCUT2D eigenvalue weighted by molar-refractivity contribution is -0.129. The molecule has 2 aromatic rings. The molecule has 2 heterocycles. The molecule has 0 bridgehead atoms. The third kappa shape index (κ3) is 5.73. The van der Waals surface area contributed by atoms with E-state index in [1.165, 1.54) is 15.4 Å². The molecule has 0 unspecified atom stereocenters. The molecule has 150 valence electrons. The van der Waals surface area contributed by atoms with E-state index >= 15 is 0 Å². The van der Waals surface area contributed by atoms with Gasteiger partial charge in [-0.15, -0.1) is 11.3 Å². The SMILES string of the molecule is CCNC(=NCC(=O)N1CCN(c2ccccc2)CC1)NCc1ccc(C)s1. The first-order valence-electron chi connectivity index (χ1n) is 9.81. The number of piperazine rings is 1. The molecule has 3 rings (SSSR count). The lowest BCUT2D eigenvalue weighted by Gasteiger charge is -2.36. The zero-order chi connectivity index (χ0) is 19.8. The van der Waals surface area contributed by atoms with Gasteiger partial charge >= 0.3 is 0 Å². The summed E-state index contributed by atoms with van der Waals surface area (Å²) in [7, 11) is 0. The number of nitrogens with one attached hydrogen (secondary N) is 2. The zero-order valence-electron chi connectivity index (χ0n) is 16.6. The van der Waals surface area contributed by atoms with Crippen molar-refractivity contribution >= 4 is 28.9 Å². The van der Waals surface area contributed by atoms with Crippen LogP contribution in [-0.4, -0.2) is 56.0 Å². The Balaban J connectivity index is 1.48. The van der Waals surface area contributed by atoms with Crippen LogP contribution in [0.2, 0.25) is 0 Å². The number of carbonyl (C=O) groups excluding carboxylic acids is 1. The maximum Gasteiger partial charge on any atom is 0.244 e. The summed E-state index contributed by atoms with van der Waals surface area (Å²) in [5.41, 5.74) is 1.22. The van der Waals surface area contributed by atoms with Crippen molar-refractivity contribution in [2.75, 3.05) is 44.2 Å². The van der Waals surface area contributed by atoms with Gasteiger partial charge in [0.05, 0.1) is 6.54 Å². The fraction of sp³-hybridized carbons (Fsp3) is 0.429. The van der Waals surface area contributed by atoms with Crippen LogP contribution in [0.25, 0.3) is 0 Å². The van der Waals surface area contributed by atoms with E-state index in [1.54, 1.807) is 11.3 Å². The highest BCUT2D eigenvalue weighted by atomic mass is 32.1. The predicted octanol–water partition coefficient (Wildman–Crippen LogP) is 2.46. The standard InChI is InChI=1S/C21H29N5OS/c1-3-22-21(23-15-19-10-9-17(2)28-19)24-16-20(27)26-13-11-25(12-14-26)18-7-5-4-6-8-18/h4-10H,3,11-16H2,1-2H3,(H2,22,23,24). The summed E-state index contributed by atoms with van der Waals surface area (Å²) >= 11 is 1.77. The first-order valence-corrected chi connectivity index (χ1v) is 10.6. The number of carbonyl (C=O) groups is 1. The molecule has 1 aromatic carbocycles. The van der Waals surface area contributed by atoms with Crippen molar-refractivity contribution in [1.82, 2.24) is 15.5 Å². The number of amides is 1. The highest BCUT2D eigenvalue weighted by Crippen LogP contribution is 2.16. The molecular formula is C21H29N5OS. The minimum absolute atomic E-state index is 0.0804. The van der Waals surface area contributed by atoms with Crippen LogP contribution in [0.1, 0.15) is 16.7 Å². The molecule has 1 amide bonds. The fourth-order valence-corrected chi connectivity index (χ4v) is 4.02. The second-order valence-electron chi connectivity index (χ2n) is 6.76. The van der Waals surface area contributed by atoms with Gasteiger partial charge in [0.1, 0.15) is 6.54 Å². The Morgan fingerprint density at radius 3 is 2.46 bits per heavy atom. The molecule has 0 aliphatic carbocycles. The van der Waals surface area contributed by atoms with Crippen molar-refractivity contribution in [3.63, 3.8) is 0 Å². The first-order chi connectivity index (χ1) is 13.7. The molecule has 6 nitrogen and oxygen atoms in total. The van der Waals surface area contributed by atoms with E-state index in [-0.39, 0.29) is 12.5 Å². The Kier molecular flexibility index (Phi) is 7.31. The molecule has 0 saturated carbocycles. The zero-order valence-corrected chi connectivity index (χ0v) is 17.5. The van der Waals surface area contributed by atoms with Crippen LogP contribution in [0.3, 0.4) is 0 Å². The third-order valence-electron chi connectivity index (χ3n) is 4.70. The number of anilines is 1. The highest BCUT2D eigenvalue weighted by molar-refractivity contribution is 7.11. The number of aryl methyl sites for hydroxylation is 1. The number of nitrogens with zero attached hydrogens (tertiary/aromatic N) is 3. The van der Waals surface area contributed by atoms with Crippen molar-refractivity contribution in [2.45, 2.75) is 20.4 Å². The van der Waals surface area contributed by atoms with Gasteiger partial charge in [0, 0.05) is 48.2 Å². The van der Waals surface area contributed by atoms with E-state index < -0.39 is 0 Å². The Labute approximate surface area is 171 Å². The second kappa shape index (κ2) is 10.1. The monoisotopic (exact) mass is 399 g/mol. The van der Waals surface area contributed by atoms with Gasteiger partial charge in [-0.05, 0) is 38.1 Å². The average Bonchev–Trinajstić information content (AvgIpc) is 3.16. The number of guanidine groups is 1. The molecule has 1 aliphatic heterocycles. The van der Waals surface area contributed by atoms with E-state index in [4.69, 9.17) is 0 Å². The molecule has 1 fully saturated rings. The molecule has 28 heavy (non-hydrogen) atoms. The number of aliphatic imine (C=N–C) groups is 1. The average molecular weight is 400 g/mol. The summed E-state index contributed by atoms with van der Waals surface area (Å²) < 4.78 is 0. The molecule has 2 N–H and O–H groups in total. The van der Waals surface area contributed by atoms with Gasteiger partial charge in [-0.1, -0.05) is 18.2 Å². The minimum Gasteiger partial charge on any atom is -0.368 e. The molecular weight excluding hydrogens is 370 g/mol. The minimum atomic E-state index is 0.0804. The topological polar surface area (TPSA) is 60.0 Å². The molecule has 0 atom stereocenters. The van der Waals surface area contributed by atoms with E-state index in [1.807, 2.05) is 30.0 Å². The van der Waals surface area contributed by atoms with E-state index in [0.717, 1.165) is 32.7 Å². The maximum absolute atomic E-state index is 12.6. The number of rotatable bonds is 6. The van der Waals surface area contributed by atoms with Crippen molar-refractivity contribution < 1.29 is 4.79 Å². The summed E-state index contributed by atoms with van der Waals surface area (Å²) in [5.74, 6) is 0.765. The van der Waals surface area contributed by atoms with E-state index in [2.05, 4.69) is 51.7 Å². The van der Waals surface area contributed by atoms with Crippen LogP contribution in [0.5, 0.6) is 0 Å². The normalized spacial score (nSPS) is 14.9. The van der Waals surface area contributed by atoms with Crippen LogP contribution < -0.4 is 15.5 Å². The molecule has 1 aromatic heterocycles. The Morgan fingerprint density at radius 1 is 1.07 bits per heavy atom. The molecule has 7 heteroatoms. The van der Waals surface area contributed by atoms with Crippen LogP contribution in [0.15, 0.2) is 47.5 Å². The Bertz CT molecular complexity index is 781. The maximum atomic E-state index is 12.6. The van der Waals surface area contributed by atoms with Crippen LogP contribution in [0.4, 0.5) is 5.69 Å². The van der Waals surface area contributed by atoms with Gasteiger partial charge in [0.2, 0.25) is 5.91 Å². The Morgan fingerprint density at radius 2 is 1.82 bits per heavy atom. The van der Waals surface area contributed by atoms with Gasteiger partial charge in [0.15, 0.2) is 5.96 Å². The molecule has 0 radical (unpaired) electrons. The largest absolute Gasteiger partial charge is 0.368 e. The number of para-hydroxylation sites is 1. The number of hydrogen-bond acceptors (Lipinski definition) is 4. The molecule has 0 spiro atoms. The van der Waals surface area contributed by atoms with Gasteiger partial charge in [-0.25, -0.2) is 4.99 Å². The van der Waals surface area contributed by atoms with E-state index in [9.17, 15) is 4.79 Å². The van der Waals surface area contributed by atoms with Crippen molar-refractivity contribution in [3.8, 4) is 0 Å². The number of benzene rings is 1.